The van der Waals surface area contributed by atoms with Gasteiger partial charge >= 0.3 is 0 Å². The zero-order valence-electron chi connectivity index (χ0n) is 28.3. The van der Waals surface area contributed by atoms with Gasteiger partial charge in [0.2, 0.25) is 6.41 Å². The molecule has 3 aliphatic heterocycles. The molecule has 0 aromatic heterocycles. The van der Waals surface area contributed by atoms with Crippen molar-refractivity contribution in [1.29, 1.82) is 0 Å². The zero-order valence-corrected chi connectivity index (χ0v) is 28.3. The third-order valence-corrected chi connectivity index (χ3v) is 12.1. The molecule has 45 heavy (non-hydrogen) atoms. The summed E-state index contributed by atoms with van der Waals surface area (Å²) in [5.41, 5.74) is 13.1. The van der Waals surface area contributed by atoms with Crippen LogP contribution in [0, 0.1) is 35.5 Å². The molecule has 3 heterocycles. The third kappa shape index (κ3) is 7.06. The van der Waals surface area contributed by atoms with Gasteiger partial charge in [0.05, 0.1) is 18.6 Å². The van der Waals surface area contributed by atoms with Crippen molar-refractivity contribution in [2.24, 2.45) is 52.0 Å². The fourth-order valence-corrected chi connectivity index (χ4v) is 9.13. The predicted molar refractivity (Wildman–Crippen MR) is 177 cm³/mol. The number of fused-ring (bicyclic) bond motifs is 1. The molecule has 0 bridgehead atoms. The van der Waals surface area contributed by atoms with Gasteiger partial charge < -0.3 is 37.1 Å². The molecule has 11 heteroatoms. The Kier molecular flexibility index (Phi) is 11.1. The van der Waals surface area contributed by atoms with Gasteiger partial charge in [-0.3, -0.25) is 15.2 Å². The van der Waals surface area contributed by atoms with Gasteiger partial charge in [0.15, 0.2) is 0 Å². The van der Waals surface area contributed by atoms with Crippen LogP contribution in [0.25, 0.3) is 0 Å². The van der Waals surface area contributed by atoms with Gasteiger partial charge in [-0.1, -0.05) is 33.8 Å². The summed E-state index contributed by atoms with van der Waals surface area (Å²) in [5.74, 6) is 1.80. The number of hydrogen-bond acceptors (Lipinski definition) is 10. The maximum atomic E-state index is 15.5. The van der Waals surface area contributed by atoms with E-state index in [4.69, 9.17) is 21.2 Å². The first-order chi connectivity index (χ1) is 21.4. The van der Waals surface area contributed by atoms with Crippen LogP contribution in [0.5, 0.6) is 0 Å². The number of halogens is 1. The third-order valence-electron chi connectivity index (χ3n) is 12.1. The van der Waals surface area contributed by atoms with Crippen LogP contribution >= 0.6 is 0 Å². The summed E-state index contributed by atoms with van der Waals surface area (Å²) in [7, 11) is 1.44. The Balaban J connectivity index is 1.19. The first-order valence-electron chi connectivity index (χ1n) is 17.4. The summed E-state index contributed by atoms with van der Waals surface area (Å²) >= 11 is 0. The molecule has 256 valence electrons. The molecule has 9 N–H and O–H groups in total. The van der Waals surface area contributed by atoms with Gasteiger partial charge in [0, 0.05) is 55.7 Å². The monoisotopic (exact) mass is 633 g/mol. The van der Waals surface area contributed by atoms with Crippen LogP contribution in [0.3, 0.4) is 0 Å². The van der Waals surface area contributed by atoms with Gasteiger partial charge in [-0.25, -0.2) is 4.39 Å². The highest BCUT2D eigenvalue weighted by Gasteiger charge is 2.49. The molecule has 13 atom stereocenters. The van der Waals surface area contributed by atoms with E-state index in [-0.39, 0.29) is 65.1 Å². The molecule has 10 nitrogen and oxygen atoms in total. The second-order valence-corrected chi connectivity index (χ2v) is 15.2. The predicted octanol–water partition coefficient (Wildman–Crippen LogP) is 2.18. The molecule has 0 radical (unpaired) electrons. The Hall–Kier alpha value is -1.44. The van der Waals surface area contributed by atoms with Crippen LogP contribution < -0.4 is 27.4 Å². The minimum absolute atomic E-state index is 0.0126. The Morgan fingerprint density at radius 2 is 2.00 bits per heavy atom. The second-order valence-electron chi connectivity index (χ2n) is 15.2. The van der Waals surface area contributed by atoms with Crippen molar-refractivity contribution in [3.63, 3.8) is 0 Å². The topological polar surface area (TPSA) is 153 Å². The highest BCUT2D eigenvalue weighted by Crippen LogP contribution is 2.44. The molecular formula is C34H60FN7O3. The van der Waals surface area contributed by atoms with E-state index in [9.17, 15) is 10.2 Å². The molecule has 0 amide bonds. The number of methoxy groups -OCH3 is 1. The lowest BCUT2D eigenvalue weighted by atomic mass is 9.72. The van der Waals surface area contributed by atoms with Crippen LogP contribution in [0.1, 0.15) is 73.1 Å². The molecule has 5 aliphatic rings. The summed E-state index contributed by atoms with van der Waals surface area (Å²) in [6.45, 7) is 12.6. The number of hydrogen-bond donors (Lipinski definition) is 7. The molecule has 2 fully saturated rings. The standard InChI is InChI=1S/C34H60FN7O3/c1-18(2)30(41-33(44)45-6)32(43)42-11-7-10-34(42,5)20(4)31-38-17-28(40-31)21-8-9-26-23(13-21)15-27(39-26)29-19(3)12-22(14-24(29)35)25(37)16-36/h8,14,18-20,22-23,25-30,32-33,39,41,43-44H,7,9-13,15-17,36-37H2,1-6H3,(H,38,40)/t19?,20?,22-,23-,25+,26-,27?,28?,29?,30-,32+,33?,34+/m0/s1. The molecule has 2 aliphatic carbocycles. The van der Waals surface area contributed by atoms with E-state index in [1.807, 2.05) is 13.8 Å². The number of aliphatic hydroxyl groups is 2. The van der Waals surface area contributed by atoms with Crippen LogP contribution in [0.15, 0.2) is 28.5 Å². The van der Waals surface area contributed by atoms with Crippen molar-refractivity contribution in [1.82, 2.24) is 20.9 Å². The number of ether oxygens (including phenoxy) is 1. The maximum Gasteiger partial charge on any atom is 0.213 e. The van der Waals surface area contributed by atoms with E-state index in [1.54, 1.807) is 6.08 Å². The minimum Gasteiger partial charge on any atom is -0.377 e. The minimum atomic E-state index is -1.14. The Morgan fingerprint density at radius 3 is 2.67 bits per heavy atom. The van der Waals surface area contributed by atoms with E-state index in [0.29, 0.717) is 25.0 Å². The van der Waals surface area contributed by atoms with Crippen LogP contribution in [-0.4, -0.2) is 96.1 Å². The highest BCUT2D eigenvalue weighted by molar-refractivity contribution is 5.87. The van der Waals surface area contributed by atoms with Crippen LogP contribution in [0.2, 0.25) is 0 Å². The van der Waals surface area contributed by atoms with Crippen LogP contribution in [0.4, 0.5) is 4.39 Å². The summed E-state index contributed by atoms with van der Waals surface area (Å²) < 4.78 is 20.5. The van der Waals surface area contributed by atoms with Crippen molar-refractivity contribution >= 4 is 5.84 Å². The summed E-state index contributed by atoms with van der Waals surface area (Å²) in [4.78, 5) is 7.22. The molecule has 0 aromatic carbocycles. The van der Waals surface area contributed by atoms with Crippen molar-refractivity contribution in [3.8, 4) is 0 Å². The first kappa shape index (κ1) is 34.9. The van der Waals surface area contributed by atoms with Gasteiger partial charge in [-0.2, -0.15) is 0 Å². The second kappa shape index (κ2) is 14.4. The number of likely N-dealkylation sites (tertiary alicyclic amines) is 1. The first-order valence-corrected chi connectivity index (χ1v) is 17.4. The average Bonchev–Trinajstić information content (AvgIpc) is 3.76. The molecule has 0 aromatic rings. The van der Waals surface area contributed by atoms with Gasteiger partial charge in [0.25, 0.3) is 0 Å². The number of aliphatic hydroxyl groups excluding tert-OH is 2. The van der Waals surface area contributed by atoms with Crippen molar-refractivity contribution in [3.05, 3.63) is 23.6 Å². The Labute approximate surface area is 269 Å². The summed E-state index contributed by atoms with van der Waals surface area (Å²) in [5, 5.41) is 32.3. The largest absolute Gasteiger partial charge is 0.377 e. The van der Waals surface area contributed by atoms with E-state index in [2.05, 4.69) is 47.7 Å². The van der Waals surface area contributed by atoms with Crippen LogP contribution in [-0.2, 0) is 4.74 Å². The number of nitrogens with one attached hydrogen (secondary N) is 3. The number of amidine groups is 1. The molecule has 0 spiro atoms. The lowest BCUT2D eigenvalue weighted by Gasteiger charge is -2.46. The van der Waals surface area contributed by atoms with Gasteiger partial charge in [-0.05, 0) is 80.8 Å². The quantitative estimate of drug-likeness (QED) is 0.127. The summed E-state index contributed by atoms with van der Waals surface area (Å²) in [6.07, 6.45) is 8.00. The molecule has 2 saturated heterocycles. The van der Waals surface area contributed by atoms with E-state index < -0.39 is 12.6 Å². The average molecular weight is 634 g/mol. The van der Waals surface area contributed by atoms with E-state index in [1.165, 1.54) is 12.7 Å². The molecule has 6 unspecified atom stereocenters. The summed E-state index contributed by atoms with van der Waals surface area (Å²) in [6, 6.07) is 0.162. The highest BCUT2D eigenvalue weighted by atomic mass is 19.1. The Bertz CT molecular complexity index is 1120. The lowest BCUT2D eigenvalue weighted by molar-refractivity contribution is -0.140. The van der Waals surface area contributed by atoms with Crippen molar-refractivity contribution in [2.45, 2.75) is 122 Å². The van der Waals surface area contributed by atoms with Crippen molar-refractivity contribution in [2.75, 3.05) is 26.7 Å². The van der Waals surface area contributed by atoms with E-state index >= 15 is 4.39 Å². The normalized spacial score (nSPS) is 39.0. The van der Waals surface area contributed by atoms with Gasteiger partial charge in [-0.15, -0.1) is 0 Å². The number of aliphatic imine (C=N–C) groups is 1. The fraction of sp³-hybridized carbons (Fsp3) is 0.853. The maximum absolute atomic E-state index is 15.5. The number of rotatable bonds is 12. The van der Waals surface area contributed by atoms with Gasteiger partial charge in [0.1, 0.15) is 17.9 Å². The Morgan fingerprint density at radius 1 is 1.24 bits per heavy atom. The van der Waals surface area contributed by atoms with Crippen molar-refractivity contribution < 1.29 is 19.3 Å². The fourth-order valence-electron chi connectivity index (χ4n) is 9.13. The number of nitrogens with two attached hydrogens (primary N) is 2. The number of nitrogens with zero attached hydrogens (tertiary/aromatic N) is 2. The molecule has 5 rings (SSSR count). The smallest absolute Gasteiger partial charge is 0.213 e. The zero-order chi connectivity index (χ0) is 32.6. The molecule has 0 saturated carbocycles. The lowest BCUT2D eigenvalue weighted by Crippen LogP contribution is -2.62. The molecular weight excluding hydrogens is 573 g/mol. The SMILES string of the molecule is COC(O)N[C@@H](C(C)C)[C@@H](O)N1CCC[C@]1(C)C(C)C1=NCC(C2=CC[C@@H]3NC(C4C(F)=C[C@@H]([C@H](N)CN)CC4C)C[C@@H]3C2)N1. The van der Waals surface area contributed by atoms with E-state index in [0.717, 1.165) is 50.9 Å².